The van der Waals surface area contributed by atoms with Crippen LogP contribution in [0.15, 0.2) is 6.20 Å². The van der Waals surface area contributed by atoms with Crippen LogP contribution in [0.25, 0.3) is 0 Å². The third-order valence-corrected chi connectivity index (χ3v) is 3.43. The van der Waals surface area contributed by atoms with Crippen molar-refractivity contribution in [3.63, 3.8) is 0 Å². The van der Waals surface area contributed by atoms with Gasteiger partial charge in [-0.15, -0.1) is 0 Å². The second-order valence-corrected chi connectivity index (χ2v) is 4.51. The topological polar surface area (TPSA) is 78.9 Å². The second kappa shape index (κ2) is 5.09. The summed E-state index contributed by atoms with van der Waals surface area (Å²) in [6.45, 7) is 0. The molecule has 0 unspecified atom stereocenters. The Labute approximate surface area is 94.3 Å². The zero-order valence-electron chi connectivity index (χ0n) is 9.22. The number of aromatic amines is 1. The van der Waals surface area contributed by atoms with Crippen LogP contribution in [0.3, 0.4) is 0 Å². The summed E-state index contributed by atoms with van der Waals surface area (Å²) >= 11 is 0. The third-order valence-electron chi connectivity index (χ3n) is 3.43. The molecule has 1 fully saturated rings. The molecule has 0 amide bonds. The van der Waals surface area contributed by atoms with E-state index in [1.54, 1.807) is 6.20 Å². The maximum absolute atomic E-state index is 11.3. The van der Waals surface area contributed by atoms with Crippen LogP contribution in [0.1, 0.15) is 37.8 Å². The maximum atomic E-state index is 11.3. The number of nitrogens with zero attached hydrogens (tertiary/aromatic N) is 2. The largest absolute Gasteiger partial charge is 0.481 e. The molecule has 5 nitrogen and oxygen atoms in total. The van der Waals surface area contributed by atoms with Gasteiger partial charge in [0.05, 0.1) is 17.8 Å². The van der Waals surface area contributed by atoms with Gasteiger partial charge in [-0.3, -0.25) is 4.79 Å². The number of rotatable bonds is 4. The van der Waals surface area contributed by atoms with Gasteiger partial charge < -0.3 is 5.11 Å². The number of hydrogen-bond acceptors (Lipinski definition) is 3. The van der Waals surface area contributed by atoms with Crippen LogP contribution >= 0.6 is 0 Å². The van der Waals surface area contributed by atoms with E-state index in [2.05, 4.69) is 15.4 Å². The molecule has 0 aliphatic heterocycles. The van der Waals surface area contributed by atoms with Crippen LogP contribution in [-0.2, 0) is 11.2 Å². The average molecular weight is 223 g/mol. The van der Waals surface area contributed by atoms with Crippen LogP contribution in [0.2, 0.25) is 0 Å². The lowest BCUT2D eigenvalue weighted by molar-refractivity contribution is -0.144. The highest BCUT2D eigenvalue weighted by molar-refractivity contribution is 5.70. The van der Waals surface area contributed by atoms with Gasteiger partial charge in [-0.2, -0.15) is 15.4 Å². The van der Waals surface area contributed by atoms with Crippen LogP contribution in [0.5, 0.6) is 0 Å². The summed E-state index contributed by atoms with van der Waals surface area (Å²) in [5.41, 5.74) is 0.748. The molecule has 1 aromatic heterocycles. The summed E-state index contributed by atoms with van der Waals surface area (Å²) in [6.07, 6.45) is 7.74. The minimum Gasteiger partial charge on any atom is -0.481 e. The van der Waals surface area contributed by atoms with Crippen molar-refractivity contribution in [1.29, 1.82) is 0 Å². The van der Waals surface area contributed by atoms with E-state index in [-0.39, 0.29) is 5.92 Å². The second-order valence-electron chi connectivity index (χ2n) is 4.51. The first kappa shape index (κ1) is 11.1. The third kappa shape index (κ3) is 2.59. The first-order chi connectivity index (χ1) is 7.77. The van der Waals surface area contributed by atoms with E-state index in [0.29, 0.717) is 12.3 Å². The van der Waals surface area contributed by atoms with Gasteiger partial charge in [-0.05, 0) is 18.8 Å². The van der Waals surface area contributed by atoms with Gasteiger partial charge in [0.2, 0.25) is 0 Å². The van der Waals surface area contributed by atoms with E-state index in [9.17, 15) is 9.90 Å². The standard InChI is InChI=1S/C11H17N3O2/c15-11(16)10(6-9-7-12-14-13-9)8-4-2-1-3-5-8/h7-8,10H,1-6H2,(H,15,16)(H,12,13,14)/t10-/m0/s1. The highest BCUT2D eigenvalue weighted by Gasteiger charge is 2.29. The molecule has 2 rings (SSSR count). The SMILES string of the molecule is O=C(O)[C@@H](Cc1cn[nH]n1)C1CCCCC1. The fraction of sp³-hybridized carbons (Fsp3) is 0.727. The Bertz CT molecular complexity index is 331. The monoisotopic (exact) mass is 223 g/mol. The van der Waals surface area contributed by atoms with Crippen molar-refractivity contribution in [1.82, 2.24) is 15.4 Å². The summed E-state index contributed by atoms with van der Waals surface area (Å²) in [5, 5.41) is 19.4. The van der Waals surface area contributed by atoms with E-state index in [4.69, 9.17) is 0 Å². The summed E-state index contributed by atoms with van der Waals surface area (Å²) in [6, 6.07) is 0. The molecule has 5 heteroatoms. The van der Waals surface area contributed by atoms with Crippen molar-refractivity contribution in [3.8, 4) is 0 Å². The molecule has 1 aromatic rings. The van der Waals surface area contributed by atoms with Crippen LogP contribution in [-0.4, -0.2) is 26.5 Å². The zero-order valence-corrected chi connectivity index (χ0v) is 9.22. The predicted octanol–water partition coefficient (Wildman–Crippen LogP) is 1.63. The molecule has 0 radical (unpaired) electrons. The highest BCUT2D eigenvalue weighted by Crippen LogP contribution is 2.31. The van der Waals surface area contributed by atoms with Crippen LogP contribution < -0.4 is 0 Å². The first-order valence-corrected chi connectivity index (χ1v) is 5.85. The van der Waals surface area contributed by atoms with Gasteiger partial charge >= 0.3 is 5.97 Å². The number of aromatic nitrogens is 3. The summed E-state index contributed by atoms with van der Waals surface area (Å²) in [7, 11) is 0. The van der Waals surface area contributed by atoms with Crippen molar-refractivity contribution in [3.05, 3.63) is 11.9 Å². The molecular formula is C11H17N3O2. The molecular weight excluding hydrogens is 206 g/mol. The lowest BCUT2D eigenvalue weighted by Gasteiger charge is -2.26. The predicted molar refractivity (Wildman–Crippen MR) is 57.8 cm³/mol. The Morgan fingerprint density at radius 2 is 2.25 bits per heavy atom. The molecule has 1 heterocycles. The van der Waals surface area contributed by atoms with E-state index in [1.807, 2.05) is 0 Å². The van der Waals surface area contributed by atoms with Crippen molar-refractivity contribution >= 4 is 5.97 Å². The smallest absolute Gasteiger partial charge is 0.307 e. The van der Waals surface area contributed by atoms with Gasteiger partial charge in [-0.1, -0.05) is 19.3 Å². The average Bonchev–Trinajstić information content (AvgIpc) is 2.79. The molecule has 0 aromatic carbocycles. The summed E-state index contributed by atoms with van der Waals surface area (Å²) in [4.78, 5) is 11.3. The van der Waals surface area contributed by atoms with E-state index in [1.165, 1.54) is 6.42 Å². The molecule has 0 spiro atoms. The molecule has 1 atom stereocenters. The van der Waals surface area contributed by atoms with Crippen LogP contribution in [0, 0.1) is 11.8 Å². The number of nitrogens with one attached hydrogen (secondary N) is 1. The Balaban J connectivity index is 2.01. The Morgan fingerprint density at radius 1 is 1.50 bits per heavy atom. The van der Waals surface area contributed by atoms with E-state index in [0.717, 1.165) is 31.4 Å². The van der Waals surface area contributed by atoms with Crippen molar-refractivity contribution < 1.29 is 9.90 Å². The number of carboxylic acids is 1. The maximum Gasteiger partial charge on any atom is 0.307 e. The highest BCUT2D eigenvalue weighted by atomic mass is 16.4. The Kier molecular flexibility index (Phi) is 3.54. The van der Waals surface area contributed by atoms with Gasteiger partial charge in [0.1, 0.15) is 0 Å². The Morgan fingerprint density at radius 3 is 2.81 bits per heavy atom. The van der Waals surface area contributed by atoms with Gasteiger partial charge in [0, 0.05) is 6.42 Å². The number of carboxylic acid groups (broad SMARTS) is 1. The molecule has 16 heavy (non-hydrogen) atoms. The fourth-order valence-electron chi connectivity index (χ4n) is 2.54. The first-order valence-electron chi connectivity index (χ1n) is 5.85. The normalized spacial score (nSPS) is 19.5. The number of H-pyrrole nitrogens is 1. The van der Waals surface area contributed by atoms with Gasteiger partial charge in [0.25, 0.3) is 0 Å². The van der Waals surface area contributed by atoms with Crippen molar-refractivity contribution in [2.75, 3.05) is 0 Å². The Hall–Kier alpha value is -1.39. The molecule has 0 saturated heterocycles. The quantitative estimate of drug-likeness (QED) is 0.813. The molecule has 0 bridgehead atoms. The molecule has 88 valence electrons. The fourth-order valence-corrected chi connectivity index (χ4v) is 2.54. The number of carbonyl (C=O) groups is 1. The van der Waals surface area contributed by atoms with Crippen molar-refractivity contribution in [2.24, 2.45) is 11.8 Å². The number of hydrogen-bond donors (Lipinski definition) is 2. The van der Waals surface area contributed by atoms with Gasteiger partial charge in [-0.25, -0.2) is 0 Å². The number of aliphatic carboxylic acids is 1. The van der Waals surface area contributed by atoms with E-state index < -0.39 is 5.97 Å². The minimum atomic E-state index is -0.699. The summed E-state index contributed by atoms with van der Waals surface area (Å²) in [5.74, 6) is -0.691. The lowest BCUT2D eigenvalue weighted by atomic mass is 9.78. The molecule has 1 saturated carbocycles. The van der Waals surface area contributed by atoms with E-state index >= 15 is 0 Å². The molecule has 1 aliphatic rings. The van der Waals surface area contributed by atoms with Crippen molar-refractivity contribution in [2.45, 2.75) is 38.5 Å². The molecule has 1 aliphatic carbocycles. The van der Waals surface area contributed by atoms with Crippen LogP contribution in [0.4, 0.5) is 0 Å². The lowest BCUT2D eigenvalue weighted by Crippen LogP contribution is -2.27. The van der Waals surface area contributed by atoms with Gasteiger partial charge in [0.15, 0.2) is 0 Å². The zero-order chi connectivity index (χ0) is 11.4. The molecule has 2 N–H and O–H groups in total. The summed E-state index contributed by atoms with van der Waals surface area (Å²) < 4.78 is 0. The minimum absolute atomic E-state index is 0.301.